The van der Waals surface area contributed by atoms with Crippen molar-refractivity contribution in [3.05, 3.63) is 71.6 Å². The molecule has 2 aromatic carbocycles. The summed E-state index contributed by atoms with van der Waals surface area (Å²) in [5.41, 5.74) is 1.55. The number of cyclic esters (lactones) is 1. The second-order valence-corrected chi connectivity index (χ2v) is 9.41. The lowest BCUT2D eigenvalue weighted by Gasteiger charge is -2.45. The number of aryl methyl sites for hydroxylation is 1. The largest absolute Gasteiger partial charge is 0.510 e. The van der Waals surface area contributed by atoms with Crippen molar-refractivity contribution in [3.63, 3.8) is 0 Å². The molecule has 1 aliphatic heterocycles. The van der Waals surface area contributed by atoms with Crippen molar-refractivity contribution in [2.45, 2.75) is 70.3 Å². The van der Waals surface area contributed by atoms with E-state index in [0.717, 1.165) is 49.8 Å². The van der Waals surface area contributed by atoms with Crippen LogP contribution in [0.3, 0.4) is 0 Å². The molecule has 0 saturated heterocycles. The van der Waals surface area contributed by atoms with E-state index in [1.807, 2.05) is 47.4 Å². The minimum atomic E-state index is -0.697. The van der Waals surface area contributed by atoms with Crippen molar-refractivity contribution >= 4 is 11.7 Å². The predicted octanol–water partition coefficient (Wildman–Crippen LogP) is 6.28. The first-order valence-corrected chi connectivity index (χ1v) is 12.3. The Hall–Kier alpha value is -2.95. The lowest BCUT2D eigenvalue weighted by atomic mass is 9.71. The maximum atomic E-state index is 13.5. The van der Waals surface area contributed by atoms with E-state index in [0.29, 0.717) is 19.4 Å². The summed E-state index contributed by atoms with van der Waals surface area (Å²) in [6, 6.07) is 16.9. The molecule has 1 heterocycles. The Balaban J connectivity index is 1.65. The van der Waals surface area contributed by atoms with Gasteiger partial charge >= 0.3 is 5.97 Å². The van der Waals surface area contributed by atoms with Gasteiger partial charge in [0.15, 0.2) is 5.70 Å². The Bertz CT molecular complexity index is 963. The maximum absolute atomic E-state index is 13.5. The number of aliphatic hydroxyl groups excluding tert-OH is 1. The first kappa shape index (κ1) is 23.2. The average Bonchev–Trinajstić information content (AvgIpc) is 2.84. The van der Waals surface area contributed by atoms with Crippen LogP contribution in [0, 0.1) is 5.92 Å². The quantitative estimate of drug-likeness (QED) is 0.464. The Morgan fingerprint density at radius 1 is 1.00 bits per heavy atom. The predicted molar refractivity (Wildman–Crippen MR) is 130 cm³/mol. The first-order chi connectivity index (χ1) is 16.0. The molecular weight excluding hydrogens is 414 g/mol. The number of phenolic OH excluding ortho intramolecular Hbond substituents is 1. The number of aromatic hydroxyl groups is 1. The van der Waals surface area contributed by atoms with Crippen LogP contribution in [-0.4, -0.2) is 28.3 Å². The lowest BCUT2D eigenvalue weighted by Crippen LogP contribution is -2.49. The number of rotatable bonds is 8. The van der Waals surface area contributed by atoms with Gasteiger partial charge in [0.05, 0.1) is 0 Å². The highest BCUT2D eigenvalue weighted by atomic mass is 16.6. The van der Waals surface area contributed by atoms with Crippen LogP contribution in [-0.2, 0) is 16.0 Å². The number of hydrogen-bond acceptors (Lipinski definition) is 5. The number of ether oxygens (including phenoxy) is 1. The molecular formula is C28H35NO4. The van der Waals surface area contributed by atoms with Crippen LogP contribution < -0.4 is 4.90 Å². The van der Waals surface area contributed by atoms with Gasteiger partial charge in [-0.15, -0.1) is 0 Å². The molecule has 4 rings (SSSR count). The summed E-state index contributed by atoms with van der Waals surface area (Å²) < 4.78 is 6.34. The van der Waals surface area contributed by atoms with E-state index in [4.69, 9.17) is 4.74 Å². The zero-order valence-corrected chi connectivity index (χ0v) is 19.5. The smallest absolute Gasteiger partial charge is 0.359 e. The normalized spacial score (nSPS) is 21.7. The van der Waals surface area contributed by atoms with Crippen molar-refractivity contribution in [1.82, 2.24) is 0 Å². The number of aliphatic hydroxyl groups is 1. The zero-order chi connectivity index (χ0) is 23.3. The van der Waals surface area contributed by atoms with Gasteiger partial charge in [-0.2, -0.15) is 0 Å². The minimum Gasteiger partial charge on any atom is -0.510 e. The van der Waals surface area contributed by atoms with Crippen LogP contribution in [0.4, 0.5) is 5.69 Å². The molecule has 1 aliphatic carbocycles. The topological polar surface area (TPSA) is 70.0 Å². The Kier molecular flexibility index (Phi) is 7.26. The lowest BCUT2D eigenvalue weighted by molar-refractivity contribution is -0.169. The van der Waals surface area contributed by atoms with Crippen LogP contribution >= 0.6 is 0 Å². The Morgan fingerprint density at radius 2 is 1.70 bits per heavy atom. The fraction of sp³-hybridized carbons (Fsp3) is 0.464. The van der Waals surface area contributed by atoms with Gasteiger partial charge in [0, 0.05) is 18.7 Å². The van der Waals surface area contributed by atoms with Crippen molar-refractivity contribution in [3.8, 4) is 5.75 Å². The van der Waals surface area contributed by atoms with E-state index in [2.05, 4.69) is 6.92 Å². The van der Waals surface area contributed by atoms with E-state index >= 15 is 0 Å². The summed E-state index contributed by atoms with van der Waals surface area (Å²) in [5.74, 6) is 0.200. The van der Waals surface area contributed by atoms with Crippen LogP contribution in [0.5, 0.6) is 5.75 Å². The zero-order valence-electron chi connectivity index (χ0n) is 19.5. The molecule has 2 aromatic rings. The number of carbonyl (C=O) groups excluding carboxylic acids is 1. The highest BCUT2D eigenvalue weighted by Crippen LogP contribution is 2.45. The summed E-state index contributed by atoms with van der Waals surface area (Å²) in [4.78, 5) is 15.4. The molecule has 0 amide bonds. The van der Waals surface area contributed by atoms with Gasteiger partial charge in [-0.05, 0) is 67.9 Å². The highest BCUT2D eigenvalue weighted by Gasteiger charge is 2.48. The molecule has 0 radical (unpaired) electrons. The average molecular weight is 450 g/mol. The highest BCUT2D eigenvalue weighted by molar-refractivity contribution is 5.94. The number of carbonyl (C=O) groups is 1. The van der Waals surface area contributed by atoms with Gasteiger partial charge in [-0.3, -0.25) is 0 Å². The number of para-hydroxylation sites is 1. The van der Waals surface area contributed by atoms with E-state index in [1.54, 1.807) is 12.1 Å². The Labute approximate surface area is 196 Å². The molecule has 1 unspecified atom stereocenters. The third-order valence-corrected chi connectivity index (χ3v) is 7.14. The molecule has 176 valence electrons. The number of hydrogen-bond donors (Lipinski definition) is 2. The van der Waals surface area contributed by atoms with Gasteiger partial charge in [-0.1, -0.05) is 56.5 Å². The van der Waals surface area contributed by atoms with Gasteiger partial charge < -0.3 is 19.8 Å². The van der Waals surface area contributed by atoms with E-state index in [9.17, 15) is 15.0 Å². The molecule has 0 bridgehead atoms. The summed E-state index contributed by atoms with van der Waals surface area (Å²) in [6.07, 6.45) is 8.08. The van der Waals surface area contributed by atoms with Crippen molar-refractivity contribution in [1.29, 1.82) is 0 Å². The van der Waals surface area contributed by atoms with Gasteiger partial charge in [0.25, 0.3) is 0 Å². The second kappa shape index (κ2) is 10.3. The van der Waals surface area contributed by atoms with E-state index in [1.165, 1.54) is 6.42 Å². The SMILES string of the molecule is CCCN(C1=C(O)CC(CCc2ccc(O)cc2)(C2CCCCC2)OC1=O)c1ccccc1. The fourth-order valence-electron chi connectivity index (χ4n) is 5.44. The van der Waals surface area contributed by atoms with Crippen LogP contribution in [0.1, 0.15) is 63.9 Å². The molecule has 5 nitrogen and oxygen atoms in total. The van der Waals surface area contributed by atoms with Crippen LogP contribution in [0.15, 0.2) is 66.1 Å². The molecule has 33 heavy (non-hydrogen) atoms. The number of phenols is 1. The third kappa shape index (κ3) is 5.18. The molecule has 0 aromatic heterocycles. The molecule has 1 fully saturated rings. The Morgan fingerprint density at radius 3 is 2.33 bits per heavy atom. The van der Waals surface area contributed by atoms with Crippen LogP contribution in [0.25, 0.3) is 0 Å². The third-order valence-electron chi connectivity index (χ3n) is 7.14. The monoisotopic (exact) mass is 449 g/mol. The molecule has 1 atom stereocenters. The maximum Gasteiger partial charge on any atom is 0.359 e. The summed E-state index contributed by atoms with van der Waals surface area (Å²) in [6.45, 7) is 2.69. The number of esters is 1. The van der Waals surface area contributed by atoms with Crippen LogP contribution in [0.2, 0.25) is 0 Å². The molecule has 5 heteroatoms. The molecule has 2 aliphatic rings. The standard InChI is InChI=1S/C28H35NO4/c1-2-19-29(23-11-7-4-8-12-23)26-25(31)20-28(33-27(26)32,22-9-5-3-6-10-22)18-17-21-13-15-24(30)16-14-21/h4,7-8,11-16,22,30-31H,2-3,5-6,9-10,17-20H2,1H3. The van der Waals surface area contributed by atoms with E-state index < -0.39 is 11.6 Å². The first-order valence-electron chi connectivity index (χ1n) is 12.3. The fourth-order valence-corrected chi connectivity index (χ4v) is 5.44. The summed E-state index contributed by atoms with van der Waals surface area (Å²) in [5, 5.41) is 20.9. The second-order valence-electron chi connectivity index (χ2n) is 9.41. The van der Waals surface area contributed by atoms with E-state index in [-0.39, 0.29) is 23.1 Å². The minimum absolute atomic E-state index is 0.139. The van der Waals surface area contributed by atoms with Crippen molar-refractivity contribution < 1.29 is 19.7 Å². The number of benzene rings is 2. The number of anilines is 1. The van der Waals surface area contributed by atoms with Gasteiger partial charge in [0.1, 0.15) is 17.1 Å². The van der Waals surface area contributed by atoms with Crippen molar-refractivity contribution in [2.24, 2.45) is 5.92 Å². The number of nitrogens with zero attached hydrogens (tertiary/aromatic N) is 1. The molecule has 0 spiro atoms. The van der Waals surface area contributed by atoms with Gasteiger partial charge in [0.2, 0.25) is 0 Å². The molecule has 1 saturated carbocycles. The molecule has 2 N–H and O–H groups in total. The summed E-state index contributed by atoms with van der Waals surface area (Å²) in [7, 11) is 0. The summed E-state index contributed by atoms with van der Waals surface area (Å²) >= 11 is 0. The van der Waals surface area contributed by atoms with Crippen molar-refractivity contribution in [2.75, 3.05) is 11.4 Å². The van der Waals surface area contributed by atoms with Gasteiger partial charge in [-0.25, -0.2) is 4.79 Å².